The third-order valence-corrected chi connectivity index (χ3v) is 3.95. The lowest BCUT2D eigenvalue weighted by Gasteiger charge is -2.31. The number of nitrogens with zero attached hydrogens (tertiary/aromatic N) is 3. The van der Waals surface area contributed by atoms with E-state index in [0.29, 0.717) is 24.9 Å². The van der Waals surface area contributed by atoms with Crippen molar-refractivity contribution in [2.24, 2.45) is 5.73 Å². The number of hydrogen-bond acceptors (Lipinski definition) is 4. The summed E-state index contributed by atoms with van der Waals surface area (Å²) in [5.41, 5.74) is 5.48. The molecule has 1 saturated carbocycles. The van der Waals surface area contributed by atoms with Gasteiger partial charge in [-0.1, -0.05) is 12.8 Å². The number of aromatic nitrogens is 2. The van der Waals surface area contributed by atoms with Gasteiger partial charge in [0.1, 0.15) is 0 Å². The van der Waals surface area contributed by atoms with Crippen LogP contribution in [0.25, 0.3) is 0 Å². The minimum Gasteiger partial charge on any atom is -0.348 e. The molecule has 0 radical (unpaired) electrons. The second kappa shape index (κ2) is 5.95. The lowest BCUT2D eigenvalue weighted by atomic mass is 10.1. The Hall–Kier alpha value is -1.36. The van der Waals surface area contributed by atoms with Crippen LogP contribution in [0.4, 0.5) is 5.82 Å². The molecule has 0 amide bonds. The minimum absolute atomic E-state index is 0.0136. The molecular formula is C15H26N4O. The van der Waals surface area contributed by atoms with Crippen molar-refractivity contribution >= 4 is 5.82 Å². The molecule has 0 aromatic carbocycles. The molecule has 1 aliphatic rings. The average Bonchev–Trinajstić information content (AvgIpc) is 2.89. The highest BCUT2D eigenvalue weighted by molar-refractivity contribution is 5.38. The first-order chi connectivity index (χ1) is 9.45. The SMILES string of the molecule is CC(C)(C)n1ccnc(N(CCN)C2CCCC2)c1=O. The molecular weight excluding hydrogens is 252 g/mol. The molecule has 0 atom stereocenters. The van der Waals surface area contributed by atoms with Gasteiger partial charge >= 0.3 is 0 Å². The summed E-state index contributed by atoms with van der Waals surface area (Å²) < 4.78 is 1.76. The first kappa shape index (κ1) is 15.0. The smallest absolute Gasteiger partial charge is 0.293 e. The van der Waals surface area contributed by atoms with E-state index in [4.69, 9.17) is 5.73 Å². The van der Waals surface area contributed by atoms with E-state index < -0.39 is 0 Å². The Morgan fingerprint density at radius 1 is 1.40 bits per heavy atom. The van der Waals surface area contributed by atoms with E-state index in [0.717, 1.165) is 12.8 Å². The van der Waals surface area contributed by atoms with E-state index in [-0.39, 0.29) is 11.1 Å². The first-order valence-corrected chi connectivity index (χ1v) is 7.50. The quantitative estimate of drug-likeness (QED) is 0.910. The van der Waals surface area contributed by atoms with Crippen LogP contribution in [0.2, 0.25) is 0 Å². The van der Waals surface area contributed by atoms with Crippen molar-refractivity contribution in [3.8, 4) is 0 Å². The molecule has 1 fully saturated rings. The van der Waals surface area contributed by atoms with Crippen molar-refractivity contribution in [1.29, 1.82) is 0 Å². The monoisotopic (exact) mass is 278 g/mol. The first-order valence-electron chi connectivity index (χ1n) is 7.50. The summed E-state index contributed by atoms with van der Waals surface area (Å²) in [6.45, 7) is 7.33. The number of hydrogen-bond donors (Lipinski definition) is 1. The van der Waals surface area contributed by atoms with E-state index in [1.807, 2.05) is 20.8 Å². The summed E-state index contributed by atoms with van der Waals surface area (Å²) in [4.78, 5) is 19.2. The van der Waals surface area contributed by atoms with Gasteiger partial charge in [-0.25, -0.2) is 4.98 Å². The van der Waals surface area contributed by atoms with Crippen molar-refractivity contribution in [1.82, 2.24) is 9.55 Å². The van der Waals surface area contributed by atoms with Crippen LogP contribution in [0, 0.1) is 0 Å². The predicted octanol–water partition coefficient (Wildman–Crippen LogP) is 1.71. The lowest BCUT2D eigenvalue weighted by Crippen LogP contribution is -2.44. The van der Waals surface area contributed by atoms with Crippen LogP contribution in [0.3, 0.4) is 0 Å². The van der Waals surface area contributed by atoms with Crippen molar-refractivity contribution in [2.75, 3.05) is 18.0 Å². The number of anilines is 1. The Kier molecular flexibility index (Phi) is 4.48. The van der Waals surface area contributed by atoms with Gasteiger partial charge in [0.15, 0.2) is 5.82 Å². The van der Waals surface area contributed by atoms with Gasteiger partial charge in [-0.3, -0.25) is 4.79 Å². The fourth-order valence-corrected chi connectivity index (χ4v) is 2.94. The zero-order valence-corrected chi connectivity index (χ0v) is 12.8. The Bertz CT molecular complexity index is 497. The summed E-state index contributed by atoms with van der Waals surface area (Å²) in [7, 11) is 0. The van der Waals surface area contributed by atoms with E-state index in [1.54, 1.807) is 17.0 Å². The molecule has 1 aromatic heterocycles. The Morgan fingerprint density at radius 3 is 2.60 bits per heavy atom. The lowest BCUT2D eigenvalue weighted by molar-refractivity contribution is 0.381. The van der Waals surface area contributed by atoms with Gasteiger partial charge < -0.3 is 15.2 Å². The highest BCUT2D eigenvalue weighted by atomic mass is 16.1. The standard InChI is InChI=1S/C15H26N4O/c1-15(2,3)19-11-9-17-13(14(19)20)18(10-8-16)12-6-4-5-7-12/h9,11-12H,4-8,10,16H2,1-3H3. The molecule has 0 aliphatic heterocycles. The second-order valence-electron chi connectivity index (χ2n) is 6.52. The molecule has 0 saturated heterocycles. The Morgan fingerprint density at radius 2 is 2.05 bits per heavy atom. The fraction of sp³-hybridized carbons (Fsp3) is 0.733. The molecule has 1 aliphatic carbocycles. The van der Waals surface area contributed by atoms with Gasteiger partial charge in [0.25, 0.3) is 5.56 Å². The van der Waals surface area contributed by atoms with Gasteiger partial charge in [-0.05, 0) is 33.6 Å². The third kappa shape index (κ3) is 3.03. The summed E-state index contributed by atoms with van der Waals surface area (Å²) >= 11 is 0. The third-order valence-electron chi connectivity index (χ3n) is 3.95. The van der Waals surface area contributed by atoms with Crippen molar-refractivity contribution in [3.63, 3.8) is 0 Å². The number of nitrogens with two attached hydrogens (primary N) is 1. The average molecular weight is 278 g/mol. The molecule has 0 bridgehead atoms. The molecule has 2 rings (SSSR count). The van der Waals surface area contributed by atoms with Crippen LogP contribution in [0.5, 0.6) is 0 Å². The van der Waals surface area contributed by atoms with Crippen LogP contribution in [-0.4, -0.2) is 28.7 Å². The topological polar surface area (TPSA) is 64.2 Å². The normalized spacial score (nSPS) is 16.6. The molecule has 112 valence electrons. The van der Waals surface area contributed by atoms with Gasteiger partial charge in [-0.2, -0.15) is 0 Å². The van der Waals surface area contributed by atoms with Crippen LogP contribution in [0.1, 0.15) is 46.5 Å². The van der Waals surface area contributed by atoms with Gasteiger partial charge in [0.05, 0.1) is 0 Å². The molecule has 2 N–H and O–H groups in total. The van der Waals surface area contributed by atoms with Gasteiger partial charge in [0, 0.05) is 37.1 Å². The maximum Gasteiger partial charge on any atom is 0.293 e. The van der Waals surface area contributed by atoms with E-state index >= 15 is 0 Å². The minimum atomic E-state index is -0.237. The predicted molar refractivity (Wildman–Crippen MR) is 82.1 cm³/mol. The molecule has 1 aromatic rings. The highest BCUT2D eigenvalue weighted by Crippen LogP contribution is 2.25. The summed E-state index contributed by atoms with van der Waals surface area (Å²) in [6, 6.07) is 0.412. The van der Waals surface area contributed by atoms with Crippen molar-refractivity contribution in [3.05, 3.63) is 22.7 Å². The Balaban J connectivity index is 2.41. The van der Waals surface area contributed by atoms with Gasteiger partial charge in [-0.15, -0.1) is 0 Å². The Labute approximate surface area is 120 Å². The molecule has 20 heavy (non-hydrogen) atoms. The van der Waals surface area contributed by atoms with Crippen molar-refractivity contribution in [2.45, 2.75) is 58.0 Å². The molecule has 0 unspecified atom stereocenters. The number of rotatable bonds is 4. The molecule has 1 heterocycles. The second-order valence-corrected chi connectivity index (χ2v) is 6.52. The zero-order chi connectivity index (χ0) is 14.8. The van der Waals surface area contributed by atoms with Crippen LogP contribution < -0.4 is 16.2 Å². The van der Waals surface area contributed by atoms with Crippen LogP contribution in [-0.2, 0) is 5.54 Å². The molecule has 0 spiro atoms. The van der Waals surface area contributed by atoms with E-state index in [2.05, 4.69) is 9.88 Å². The fourth-order valence-electron chi connectivity index (χ4n) is 2.94. The highest BCUT2D eigenvalue weighted by Gasteiger charge is 2.26. The van der Waals surface area contributed by atoms with Crippen LogP contribution >= 0.6 is 0 Å². The molecule has 5 heteroatoms. The van der Waals surface area contributed by atoms with E-state index in [9.17, 15) is 4.79 Å². The maximum atomic E-state index is 12.7. The molecule has 5 nitrogen and oxygen atoms in total. The summed E-state index contributed by atoms with van der Waals surface area (Å²) in [5.74, 6) is 0.555. The largest absolute Gasteiger partial charge is 0.348 e. The van der Waals surface area contributed by atoms with E-state index in [1.165, 1.54) is 12.8 Å². The zero-order valence-electron chi connectivity index (χ0n) is 12.8. The van der Waals surface area contributed by atoms with Crippen LogP contribution in [0.15, 0.2) is 17.2 Å². The summed E-state index contributed by atoms with van der Waals surface area (Å²) in [5, 5.41) is 0. The maximum absolute atomic E-state index is 12.7. The summed E-state index contributed by atoms with van der Waals surface area (Å²) in [6.07, 6.45) is 8.21. The van der Waals surface area contributed by atoms with Crippen molar-refractivity contribution < 1.29 is 0 Å². The van der Waals surface area contributed by atoms with Gasteiger partial charge in [0.2, 0.25) is 0 Å².